The van der Waals surface area contributed by atoms with Gasteiger partial charge in [0.05, 0.1) is 6.20 Å². The van der Waals surface area contributed by atoms with Crippen LogP contribution in [0.4, 0.5) is 0 Å². The van der Waals surface area contributed by atoms with E-state index in [9.17, 15) is 8.42 Å². The number of nitrogens with one attached hydrogen (secondary N) is 2. The lowest BCUT2D eigenvalue weighted by molar-refractivity contribution is 0.0631. The van der Waals surface area contributed by atoms with Crippen molar-refractivity contribution in [3.8, 4) is 0 Å². The second-order valence-corrected chi connectivity index (χ2v) is 6.55. The topological polar surface area (TPSA) is 87.3 Å². The quantitative estimate of drug-likeness (QED) is 0.792. The molecule has 2 N–H and O–H groups in total. The van der Waals surface area contributed by atoms with Crippen LogP contribution in [0.1, 0.15) is 18.4 Å². The molecule has 7 nitrogen and oxygen atoms in total. The van der Waals surface area contributed by atoms with Crippen molar-refractivity contribution >= 4 is 10.0 Å². The molecule has 0 atom stereocenters. The maximum Gasteiger partial charge on any atom is 0.260 e. The summed E-state index contributed by atoms with van der Waals surface area (Å²) >= 11 is 0. The third kappa shape index (κ3) is 2.97. The molecule has 0 unspecified atom stereocenters. The van der Waals surface area contributed by atoms with Crippen LogP contribution in [0.15, 0.2) is 11.2 Å². The largest absolute Gasteiger partial charge is 0.381 e. The molecule has 1 aliphatic rings. The van der Waals surface area contributed by atoms with Gasteiger partial charge in [0.25, 0.3) is 10.0 Å². The van der Waals surface area contributed by atoms with E-state index in [0.717, 1.165) is 12.8 Å². The predicted octanol–water partition coefficient (Wildman–Crippen LogP) is -0.0714. The Bertz CT molecular complexity index is 508. The van der Waals surface area contributed by atoms with Crippen LogP contribution in [0.5, 0.6) is 0 Å². The second kappa shape index (κ2) is 6.00. The fourth-order valence-electron chi connectivity index (χ4n) is 2.23. The van der Waals surface area contributed by atoms with E-state index in [1.807, 2.05) is 0 Å². The lowest BCUT2D eigenvalue weighted by Gasteiger charge is -2.30. The van der Waals surface area contributed by atoms with Crippen molar-refractivity contribution in [1.29, 1.82) is 0 Å². The number of hydrogen-bond acceptors (Lipinski definition) is 5. The van der Waals surface area contributed by atoms with Crippen LogP contribution in [0.2, 0.25) is 0 Å². The standard InChI is InChI=1S/C11H20N4O3S/c1-12-7-9-8-13-14-11(9)19(16,17)15(2)10-3-5-18-6-4-10/h8,10,12H,3-7H2,1-2H3,(H,13,14). The summed E-state index contributed by atoms with van der Waals surface area (Å²) in [5.74, 6) is 0. The van der Waals surface area contributed by atoms with E-state index in [-0.39, 0.29) is 11.1 Å². The molecule has 0 radical (unpaired) electrons. The highest BCUT2D eigenvalue weighted by molar-refractivity contribution is 7.89. The molecular weight excluding hydrogens is 268 g/mol. The Hall–Kier alpha value is -0.960. The molecule has 0 aliphatic carbocycles. The first-order valence-corrected chi connectivity index (χ1v) is 7.74. The predicted molar refractivity (Wildman–Crippen MR) is 70.1 cm³/mol. The third-order valence-corrected chi connectivity index (χ3v) is 5.31. The summed E-state index contributed by atoms with van der Waals surface area (Å²) in [6.45, 7) is 1.68. The van der Waals surface area contributed by atoms with Gasteiger partial charge in [-0.05, 0) is 19.9 Å². The Morgan fingerprint density at radius 2 is 2.21 bits per heavy atom. The highest BCUT2D eigenvalue weighted by Crippen LogP contribution is 2.22. The third-order valence-electron chi connectivity index (χ3n) is 3.39. The van der Waals surface area contributed by atoms with Crippen molar-refractivity contribution in [2.24, 2.45) is 0 Å². The van der Waals surface area contributed by atoms with Gasteiger partial charge in [-0.15, -0.1) is 0 Å². The molecule has 1 aromatic rings. The molecule has 1 saturated heterocycles. The maximum atomic E-state index is 12.6. The van der Waals surface area contributed by atoms with Crippen molar-refractivity contribution in [3.63, 3.8) is 0 Å². The van der Waals surface area contributed by atoms with Gasteiger partial charge in [-0.25, -0.2) is 8.42 Å². The summed E-state index contributed by atoms with van der Waals surface area (Å²) in [4.78, 5) is 0. The van der Waals surface area contributed by atoms with E-state index in [1.165, 1.54) is 4.31 Å². The molecule has 0 saturated carbocycles. The van der Waals surface area contributed by atoms with Crippen LogP contribution >= 0.6 is 0 Å². The molecule has 2 heterocycles. The van der Waals surface area contributed by atoms with Crippen LogP contribution in [-0.4, -0.2) is 56.3 Å². The van der Waals surface area contributed by atoms with Gasteiger partial charge in [-0.2, -0.15) is 9.40 Å². The molecule has 1 aliphatic heterocycles. The lowest BCUT2D eigenvalue weighted by Crippen LogP contribution is -2.41. The molecule has 0 spiro atoms. The lowest BCUT2D eigenvalue weighted by atomic mass is 10.1. The van der Waals surface area contributed by atoms with Crippen LogP contribution in [0.3, 0.4) is 0 Å². The Labute approximate surface area is 113 Å². The van der Waals surface area contributed by atoms with Gasteiger partial charge in [-0.1, -0.05) is 0 Å². The Morgan fingerprint density at radius 3 is 2.84 bits per heavy atom. The SMILES string of the molecule is CNCc1cn[nH]c1S(=O)(=O)N(C)C1CCOCC1. The normalized spacial score (nSPS) is 18.1. The van der Waals surface area contributed by atoms with Crippen molar-refractivity contribution in [2.75, 3.05) is 27.3 Å². The summed E-state index contributed by atoms with van der Waals surface area (Å²) in [5, 5.41) is 9.55. The minimum atomic E-state index is -3.53. The first kappa shape index (κ1) is 14.4. The van der Waals surface area contributed by atoms with E-state index < -0.39 is 10.0 Å². The molecule has 8 heteroatoms. The number of hydrogen-bond donors (Lipinski definition) is 2. The highest BCUT2D eigenvalue weighted by Gasteiger charge is 2.31. The van der Waals surface area contributed by atoms with Crippen molar-refractivity contribution < 1.29 is 13.2 Å². The number of nitrogens with zero attached hydrogens (tertiary/aromatic N) is 2. The Kier molecular flexibility index (Phi) is 4.56. The Morgan fingerprint density at radius 1 is 1.53 bits per heavy atom. The summed E-state index contributed by atoms with van der Waals surface area (Å²) in [7, 11) is -0.139. The molecular formula is C11H20N4O3S. The van der Waals surface area contributed by atoms with Gasteiger partial charge >= 0.3 is 0 Å². The minimum absolute atomic E-state index is 0.00974. The number of rotatable bonds is 5. The summed E-state index contributed by atoms with van der Waals surface area (Å²) in [6, 6.07) is -0.00974. The zero-order valence-electron chi connectivity index (χ0n) is 11.2. The smallest absolute Gasteiger partial charge is 0.260 e. The first-order chi connectivity index (χ1) is 9.07. The van der Waals surface area contributed by atoms with E-state index in [0.29, 0.717) is 25.3 Å². The molecule has 2 rings (SSSR count). The summed E-state index contributed by atoms with van der Waals surface area (Å²) < 4.78 is 31.8. The highest BCUT2D eigenvalue weighted by atomic mass is 32.2. The van der Waals surface area contributed by atoms with Gasteiger partial charge in [-0.3, -0.25) is 5.10 Å². The van der Waals surface area contributed by atoms with E-state index in [1.54, 1.807) is 20.3 Å². The molecule has 0 aromatic carbocycles. The van der Waals surface area contributed by atoms with Gasteiger partial charge in [0.2, 0.25) is 0 Å². The van der Waals surface area contributed by atoms with Crippen LogP contribution < -0.4 is 5.32 Å². The van der Waals surface area contributed by atoms with E-state index >= 15 is 0 Å². The molecule has 1 aromatic heterocycles. The molecule has 108 valence electrons. The molecule has 0 amide bonds. The summed E-state index contributed by atoms with van der Waals surface area (Å²) in [5.41, 5.74) is 0.654. The van der Waals surface area contributed by atoms with E-state index in [2.05, 4.69) is 15.5 Å². The fourth-order valence-corrected chi connectivity index (χ4v) is 3.74. The zero-order chi connectivity index (χ0) is 13.9. The van der Waals surface area contributed by atoms with Crippen LogP contribution in [0, 0.1) is 0 Å². The Balaban J connectivity index is 2.22. The fraction of sp³-hybridized carbons (Fsp3) is 0.727. The average molecular weight is 288 g/mol. The van der Waals surface area contributed by atoms with Gasteiger partial charge in [0.1, 0.15) is 0 Å². The number of ether oxygens (including phenoxy) is 1. The summed E-state index contributed by atoms with van der Waals surface area (Å²) in [6.07, 6.45) is 3.00. The van der Waals surface area contributed by atoms with Gasteiger partial charge in [0.15, 0.2) is 5.03 Å². The molecule has 1 fully saturated rings. The van der Waals surface area contributed by atoms with Gasteiger partial charge < -0.3 is 10.1 Å². The number of aromatic amines is 1. The van der Waals surface area contributed by atoms with Crippen molar-refractivity contribution in [3.05, 3.63) is 11.8 Å². The van der Waals surface area contributed by atoms with Crippen LogP contribution in [-0.2, 0) is 21.3 Å². The number of sulfonamides is 1. The first-order valence-electron chi connectivity index (χ1n) is 6.30. The van der Waals surface area contributed by atoms with E-state index in [4.69, 9.17) is 4.74 Å². The number of H-pyrrole nitrogens is 1. The second-order valence-electron chi connectivity index (χ2n) is 4.62. The number of aromatic nitrogens is 2. The maximum absolute atomic E-state index is 12.6. The minimum Gasteiger partial charge on any atom is -0.381 e. The molecule has 0 bridgehead atoms. The van der Waals surface area contributed by atoms with Crippen molar-refractivity contribution in [2.45, 2.75) is 30.5 Å². The van der Waals surface area contributed by atoms with Crippen LogP contribution in [0.25, 0.3) is 0 Å². The van der Waals surface area contributed by atoms with Crippen molar-refractivity contribution in [1.82, 2.24) is 19.8 Å². The monoisotopic (exact) mass is 288 g/mol. The molecule has 19 heavy (non-hydrogen) atoms. The van der Waals surface area contributed by atoms with Gasteiger partial charge in [0, 0.05) is 38.4 Å². The zero-order valence-corrected chi connectivity index (χ0v) is 12.0. The average Bonchev–Trinajstić information content (AvgIpc) is 2.88.